The molecule has 0 saturated heterocycles. The van der Waals surface area contributed by atoms with E-state index in [1.54, 1.807) is 17.6 Å². The number of aromatic nitrogens is 2. The average Bonchev–Trinajstić information content (AvgIpc) is 2.93. The first-order chi connectivity index (χ1) is 8.31. The summed E-state index contributed by atoms with van der Waals surface area (Å²) in [5, 5.41) is 13.6. The van der Waals surface area contributed by atoms with Crippen LogP contribution in [0.15, 0.2) is 21.4 Å². The number of hydrogen-bond donors (Lipinski definition) is 1. The molecule has 2 aromatic heterocycles. The fourth-order valence-corrected chi connectivity index (χ4v) is 2.83. The van der Waals surface area contributed by atoms with Crippen molar-refractivity contribution in [3.63, 3.8) is 0 Å². The van der Waals surface area contributed by atoms with Crippen molar-refractivity contribution < 1.29 is 4.42 Å². The maximum Gasteiger partial charge on any atom is 0.179 e. The number of rotatable bonds is 6. The van der Waals surface area contributed by atoms with Gasteiger partial charge in [0.2, 0.25) is 0 Å². The normalized spacial score (nSPS) is 10.9. The largest absolute Gasteiger partial charge is 0.457 e. The van der Waals surface area contributed by atoms with Crippen molar-refractivity contribution >= 4 is 27.3 Å². The predicted octanol–water partition coefficient (Wildman–Crippen LogP) is 3.10. The first-order valence-corrected chi connectivity index (χ1v) is 7.18. The zero-order valence-electron chi connectivity index (χ0n) is 9.57. The van der Waals surface area contributed by atoms with E-state index in [9.17, 15) is 0 Å². The van der Waals surface area contributed by atoms with Crippen molar-refractivity contribution in [1.82, 2.24) is 15.5 Å². The fourth-order valence-electron chi connectivity index (χ4n) is 1.41. The molecule has 4 nitrogen and oxygen atoms in total. The minimum atomic E-state index is 0.712. The van der Waals surface area contributed by atoms with Gasteiger partial charge in [0, 0.05) is 13.0 Å². The summed E-state index contributed by atoms with van der Waals surface area (Å²) in [7, 11) is 0. The van der Waals surface area contributed by atoms with Gasteiger partial charge in [-0.3, -0.25) is 0 Å². The molecule has 0 saturated carbocycles. The molecule has 2 heterocycles. The summed E-state index contributed by atoms with van der Waals surface area (Å²) in [5.41, 5.74) is 0.968. The molecule has 92 valence electrons. The number of hydrogen-bond acceptors (Lipinski definition) is 5. The molecule has 0 aliphatic rings. The molecule has 0 atom stereocenters. The van der Waals surface area contributed by atoms with Gasteiger partial charge in [-0.2, -0.15) is 0 Å². The molecular formula is C11H14BrN3OS. The predicted molar refractivity (Wildman–Crippen MR) is 72.2 cm³/mol. The van der Waals surface area contributed by atoms with Crippen LogP contribution in [-0.2, 0) is 6.42 Å². The van der Waals surface area contributed by atoms with Crippen molar-refractivity contribution in [2.24, 2.45) is 0 Å². The Labute approximate surface area is 113 Å². The van der Waals surface area contributed by atoms with E-state index in [0.717, 1.165) is 41.5 Å². The first-order valence-electron chi connectivity index (χ1n) is 5.57. The summed E-state index contributed by atoms with van der Waals surface area (Å²) in [6, 6.07) is 1.89. The number of nitrogens with one attached hydrogen (secondary N) is 1. The lowest BCUT2D eigenvalue weighted by molar-refractivity contribution is 0.542. The van der Waals surface area contributed by atoms with Gasteiger partial charge in [-0.15, -0.1) is 10.2 Å². The maximum absolute atomic E-state index is 5.18. The first kappa shape index (κ1) is 12.7. The highest BCUT2D eigenvalue weighted by molar-refractivity contribution is 9.10. The standard InChI is InChI=1S/C11H14BrN3OS/c1-2-5-13-6-3-9-14-15-11(17-9)8-4-7-16-10(8)12/h4,7,13H,2-3,5-6H2,1H3. The minimum Gasteiger partial charge on any atom is -0.457 e. The van der Waals surface area contributed by atoms with Crippen LogP contribution >= 0.6 is 27.3 Å². The van der Waals surface area contributed by atoms with Gasteiger partial charge in [-0.05, 0) is 35.0 Å². The number of halogens is 1. The molecule has 2 rings (SSSR count). The van der Waals surface area contributed by atoms with Gasteiger partial charge in [-0.1, -0.05) is 18.3 Å². The summed E-state index contributed by atoms with van der Waals surface area (Å²) in [5.74, 6) is 0. The highest BCUT2D eigenvalue weighted by atomic mass is 79.9. The van der Waals surface area contributed by atoms with Crippen LogP contribution < -0.4 is 5.32 Å². The second-order valence-corrected chi connectivity index (χ2v) is 5.39. The molecule has 0 fully saturated rings. The summed E-state index contributed by atoms with van der Waals surface area (Å²) >= 11 is 4.96. The highest BCUT2D eigenvalue weighted by Crippen LogP contribution is 2.31. The Hall–Kier alpha value is -0.720. The molecule has 0 aliphatic carbocycles. The Morgan fingerprint density at radius 1 is 1.41 bits per heavy atom. The Morgan fingerprint density at radius 2 is 2.29 bits per heavy atom. The lowest BCUT2D eigenvalue weighted by Gasteiger charge is -1.98. The summed E-state index contributed by atoms with van der Waals surface area (Å²) in [4.78, 5) is 0. The monoisotopic (exact) mass is 315 g/mol. The topological polar surface area (TPSA) is 51.0 Å². The summed E-state index contributed by atoms with van der Waals surface area (Å²) in [6.07, 6.45) is 3.72. The van der Waals surface area contributed by atoms with Crippen molar-refractivity contribution in [2.75, 3.05) is 13.1 Å². The quantitative estimate of drug-likeness (QED) is 0.832. The Bertz CT molecular complexity index is 469. The van der Waals surface area contributed by atoms with Crippen LogP contribution in [0, 0.1) is 0 Å². The Balaban J connectivity index is 1.95. The van der Waals surface area contributed by atoms with Crippen LogP contribution in [0.1, 0.15) is 18.4 Å². The highest BCUT2D eigenvalue weighted by Gasteiger charge is 2.11. The van der Waals surface area contributed by atoms with Gasteiger partial charge < -0.3 is 9.73 Å². The smallest absolute Gasteiger partial charge is 0.179 e. The van der Waals surface area contributed by atoms with Gasteiger partial charge in [0.25, 0.3) is 0 Å². The van der Waals surface area contributed by atoms with E-state index in [1.165, 1.54) is 0 Å². The van der Waals surface area contributed by atoms with E-state index < -0.39 is 0 Å². The number of furan rings is 1. The van der Waals surface area contributed by atoms with Gasteiger partial charge in [0.1, 0.15) is 5.01 Å². The van der Waals surface area contributed by atoms with E-state index in [4.69, 9.17) is 4.42 Å². The van der Waals surface area contributed by atoms with Crippen LogP contribution in [0.25, 0.3) is 10.6 Å². The minimum absolute atomic E-state index is 0.712. The molecule has 17 heavy (non-hydrogen) atoms. The third-order valence-corrected chi connectivity index (χ3v) is 3.89. The average molecular weight is 316 g/mol. The Kier molecular flexibility index (Phi) is 4.70. The SMILES string of the molecule is CCCNCCc1nnc(-c2ccoc2Br)s1. The van der Waals surface area contributed by atoms with Crippen LogP contribution in [-0.4, -0.2) is 23.3 Å². The molecule has 6 heteroatoms. The van der Waals surface area contributed by atoms with Gasteiger partial charge in [0.05, 0.1) is 11.8 Å². The maximum atomic E-state index is 5.18. The molecule has 0 unspecified atom stereocenters. The second-order valence-electron chi connectivity index (χ2n) is 3.61. The van der Waals surface area contributed by atoms with Crippen molar-refractivity contribution in [3.8, 4) is 10.6 Å². The van der Waals surface area contributed by atoms with E-state index in [2.05, 4.69) is 38.4 Å². The van der Waals surface area contributed by atoms with Crippen molar-refractivity contribution in [2.45, 2.75) is 19.8 Å². The molecule has 0 spiro atoms. The molecule has 0 aromatic carbocycles. The molecular weight excluding hydrogens is 302 g/mol. The third-order valence-electron chi connectivity index (χ3n) is 2.26. The van der Waals surface area contributed by atoms with Gasteiger partial charge in [0.15, 0.2) is 9.68 Å². The lowest BCUT2D eigenvalue weighted by Crippen LogP contribution is -2.17. The molecule has 0 amide bonds. The molecule has 0 aliphatic heterocycles. The van der Waals surface area contributed by atoms with Crippen LogP contribution in [0.3, 0.4) is 0 Å². The molecule has 1 N–H and O–H groups in total. The van der Waals surface area contributed by atoms with E-state index in [-0.39, 0.29) is 0 Å². The van der Waals surface area contributed by atoms with E-state index in [0.29, 0.717) is 4.67 Å². The molecule has 0 radical (unpaired) electrons. The van der Waals surface area contributed by atoms with Crippen LogP contribution in [0.2, 0.25) is 0 Å². The van der Waals surface area contributed by atoms with Gasteiger partial charge in [-0.25, -0.2) is 0 Å². The molecule has 0 bridgehead atoms. The second kappa shape index (κ2) is 6.28. The van der Waals surface area contributed by atoms with Crippen LogP contribution in [0.4, 0.5) is 0 Å². The number of nitrogens with zero attached hydrogens (tertiary/aromatic N) is 2. The lowest BCUT2D eigenvalue weighted by atomic mass is 10.4. The van der Waals surface area contributed by atoms with Crippen LogP contribution in [0.5, 0.6) is 0 Å². The van der Waals surface area contributed by atoms with Crippen molar-refractivity contribution in [1.29, 1.82) is 0 Å². The fraction of sp³-hybridized carbons (Fsp3) is 0.455. The third kappa shape index (κ3) is 3.37. The van der Waals surface area contributed by atoms with E-state index >= 15 is 0 Å². The van der Waals surface area contributed by atoms with Crippen molar-refractivity contribution in [3.05, 3.63) is 22.0 Å². The summed E-state index contributed by atoms with van der Waals surface area (Å²) < 4.78 is 5.90. The zero-order chi connectivity index (χ0) is 12.1. The summed E-state index contributed by atoms with van der Waals surface area (Å²) in [6.45, 7) is 4.17. The van der Waals surface area contributed by atoms with E-state index in [1.807, 2.05) is 6.07 Å². The Morgan fingerprint density at radius 3 is 3.00 bits per heavy atom. The van der Waals surface area contributed by atoms with Gasteiger partial charge >= 0.3 is 0 Å². The molecule has 2 aromatic rings. The zero-order valence-corrected chi connectivity index (χ0v) is 12.0.